The molecule has 5 nitrogen and oxygen atoms in total. The molecule has 0 aliphatic carbocycles. The van der Waals surface area contributed by atoms with E-state index in [1.165, 1.54) is 7.11 Å². The number of benzene rings is 1. The van der Waals surface area contributed by atoms with Gasteiger partial charge in [0, 0.05) is 19.3 Å². The molecule has 0 heterocycles. The van der Waals surface area contributed by atoms with Gasteiger partial charge in [0.15, 0.2) is 0 Å². The van der Waals surface area contributed by atoms with Crippen LogP contribution in [0.4, 0.5) is 5.69 Å². The Kier molecular flexibility index (Phi) is 10.2. The molecular formula is C14H22Cl2N2O3. The quantitative estimate of drug-likeness (QED) is 0.765. The van der Waals surface area contributed by atoms with Gasteiger partial charge in [-0.1, -0.05) is 18.5 Å². The summed E-state index contributed by atoms with van der Waals surface area (Å²) in [4.78, 5) is 11.8. The summed E-state index contributed by atoms with van der Waals surface area (Å²) in [5.41, 5.74) is 6.09. The average molecular weight is 337 g/mol. The number of nitrogens with two attached hydrogens (primary N) is 1. The molecule has 1 atom stereocenters. The van der Waals surface area contributed by atoms with E-state index in [1.807, 2.05) is 6.92 Å². The SMILES string of the molecule is CCCOc1ccc(NC(=O)CC(CN)OC)cc1Cl.Cl. The van der Waals surface area contributed by atoms with Crippen LogP contribution in [0, 0.1) is 0 Å². The lowest BCUT2D eigenvalue weighted by Gasteiger charge is -2.13. The maximum atomic E-state index is 11.8. The van der Waals surface area contributed by atoms with Crippen molar-refractivity contribution in [3.05, 3.63) is 23.2 Å². The van der Waals surface area contributed by atoms with E-state index >= 15 is 0 Å². The first kappa shape index (κ1) is 20.0. The van der Waals surface area contributed by atoms with Gasteiger partial charge in [-0.2, -0.15) is 0 Å². The van der Waals surface area contributed by atoms with Gasteiger partial charge in [-0.25, -0.2) is 0 Å². The number of hydrogen-bond donors (Lipinski definition) is 2. The van der Waals surface area contributed by atoms with Gasteiger partial charge in [0.2, 0.25) is 5.91 Å². The molecule has 1 aromatic carbocycles. The van der Waals surface area contributed by atoms with Crippen LogP contribution in [0.3, 0.4) is 0 Å². The molecule has 0 bridgehead atoms. The Balaban J connectivity index is 0.00000400. The number of carbonyl (C=O) groups is 1. The Morgan fingerprint density at radius 2 is 2.19 bits per heavy atom. The van der Waals surface area contributed by atoms with E-state index < -0.39 is 0 Å². The summed E-state index contributed by atoms with van der Waals surface area (Å²) in [6.45, 7) is 2.93. The molecule has 0 radical (unpaired) electrons. The fraction of sp³-hybridized carbons (Fsp3) is 0.500. The first-order valence-corrected chi connectivity index (χ1v) is 6.93. The van der Waals surface area contributed by atoms with Gasteiger partial charge in [0.05, 0.1) is 24.2 Å². The van der Waals surface area contributed by atoms with E-state index in [1.54, 1.807) is 18.2 Å². The first-order chi connectivity index (χ1) is 9.60. The molecule has 1 unspecified atom stereocenters. The van der Waals surface area contributed by atoms with Crippen LogP contribution < -0.4 is 15.8 Å². The maximum absolute atomic E-state index is 11.8. The normalized spacial score (nSPS) is 11.4. The van der Waals surface area contributed by atoms with E-state index in [2.05, 4.69) is 5.32 Å². The summed E-state index contributed by atoms with van der Waals surface area (Å²) in [5.74, 6) is 0.448. The van der Waals surface area contributed by atoms with Crippen LogP contribution in [0.1, 0.15) is 19.8 Å². The number of ether oxygens (including phenoxy) is 2. The minimum absolute atomic E-state index is 0. The molecule has 7 heteroatoms. The van der Waals surface area contributed by atoms with E-state index in [9.17, 15) is 4.79 Å². The molecule has 120 valence electrons. The third kappa shape index (κ3) is 7.00. The van der Waals surface area contributed by atoms with E-state index in [-0.39, 0.29) is 30.8 Å². The summed E-state index contributed by atoms with van der Waals surface area (Å²) in [7, 11) is 1.53. The van der Waals surface area contributed by atoms with Gasteiger partial charge >= 0.3 is 0 Å². The topological polar surface area (TPSA) is 73.6 Å². The Morgan fingerprint density at radius 3 is 2.71 bits per heavy atom. The maximum Gasteiger partial charge on any atom is 0.227 e. The molecule has 0 aliphatic rings. The number of methoxy groups -OCH3 is 1. The van der Waals surface area contributed by atoms with Crippen molar-refractivity contribution in [3.8, 4) is 5.75 Å². The summed E-state index contributed by atoms with van der Waals surface area (Å²) in [6.07, 6.45) is 0.836. The number of carbonyl (C=O) groups excluding carboxylic acids is 1. The summed E-state index contributed by atoms with van der Waals surface area (Å²) < 4.78 is 10.5. The zero-order valence-electron chi connectivity index (χ0n) is 12.2. The number of anilines is 1. The van der Waals surface area contributed by atoms with Crippen LogP contribution in [-0.4, -0.2) is 32.3 Å². The van der Waals surface area contributed by atoms with Crippen molar-refractivity contribution in [2.75, 3.05) is 25.6 Å². The van der Waals surface area contributed by atoms with E-state index in [0.717, 1.165) is 6.42 Å². The van der Waals surface area contributed by atoms with Crippen molar-refractivity contribution in [2.45, 2.75) is 25.9 Å². The standard InChI is InChI=1S/C14H21ClN2O3.ClH/c1-3-6-20-13-5-4-10(7-12(13)15)17-14(18)8-11(9-16)19-2;/h4-5,7,11H,3,6,8-9,16H2,1-2H3,(H,17,18);1H. The highest BCUT2D eigenvalue weighted by atomic mass is 35.5. The number of amides is 1. The minimum atomic E-state index is -0.280. The fourth-order valence-corrected chi connectivity index (χ4v) is 1.82. The highest BCUT2D eigenvalue weighted by Gasteiger charge is 2.12. The lowest BCUT2D eigenvalue weighted by molar-refractivity contribution is -0.118. The highest BCUT2D eigenvalue weighted by molar-refractivity contribution is 6.32. The Hall–Kier alpha value is -1.01. The van der Waals surface area contributed by atoms with Crippen LogP contribution in [-0.2, 0) is 9.53 Å². The van der Waals surface area contributed by atoms with Crippen LogP contribution in [0.5, 0.6) is 5.75 Å². The van der Waals surface area contributed by atoms with Crippen molar-refractivity contribution in [1.29, 1.82) is 0 Å². The van der Waals surface area contributed by atoms with Crippen LogP contribution in [0.15, 0.2) is 18.2 Å². The van der Waals surface area contributed by atoms with Crippen LogP contribution in [0.2, 0.25) is 5.02 Å². The van der Waals surface area contributed by atoms with Gasteiger partial charge in [-0.05, 0) is 24.6 Å². The molecular weight excluding hydrogens is 315 g/mol. The predicted octanol–water partition coefficient (Wildman–Crippen LogP) is 2.85. The average Bonchev–Trinajstić information content (AvgIpc) is 2.44. The van der Waals surface area contributed by atoms with Gasteiger partial charge in [0.25, 0.3) is 0 Å². The van der Waals surface area contributed by atoms with Gasteiger partial charge in [-0.15, -0.1) is 12.4 Å². The largest absolute Gasteiger partial charge is 0.492 e. The molecule has 0 saturated carbocycles. The van der Waals surface area contributed by atoms with Gasteiger partial charge in [-0.3, -0.25) is 4.79 Å². The predicted molar refractivity (Wildman–Crippen MR) is 87.6 cm³/mol. The smallest absolute Gasteiger partial charge is 0.227 e. The second-order valence-electron chi connectivity index (χ2n) is 4.34. The molecule has 1 rings (SSSR count). The first-order valence-electron chi connectivity index (χ1n) is 6.55. The Bertz CT molecular complexity index is 440. The second kappa shape index (κ2) is 10.7. The zero-order chi connectivity index (χ0) is 15.0. The molecule has 21 heavy (non-hydrogen) atoms. The number of nitrogens with one attached hydrogen (secondary N) is 1. The number of rotatable bonds is 8. The van der Waals surface area contributed by atoms with Crippen molar-refractivity contribution in [1.82, 2.24) is 0 Å². The van der Waals surface area contributed by atoms with Crippen molar-refractivity contribution in [3.63, 3.8) is 0 Å². The van der Waals surface area contributed by atoms with Crippen molar-refractivity contribution >= 4 is 35.6 Å². The fourth-order valence-electron chi connectivity index (χ4n) is 1.59. The number of hydrogen-bond acceptors (Lipinski definition) is 4. The van der Waals surface area contributed by atoms with Crippen LogP contribution >= 0.6 is 24.0 Å². The van der Waals surface area contributed by atoms with Crippen LogP contribution in [0.25, 0.3) is 0 Å². The molecule has 0 fully saturated rings. The van der Waals surface area contributed by atoms with Crippen molar-refractivity contribution in [2.24, 2.45) is 5.73 Å². The van der Waals surface area contributed by atoms with E-state index in [4.69, 9.17) is 26.8 Å². The second-order valence-corrected chi connectivity index (χ2v) is 4.75. The monoisotopic (exact) mass is 336 g/mol. The summed E-state index contributed by atoms with van der Waals surface area (Å²) >= 11 is 6.09. The Morgan fingerprint density at radius 1 is 1.48 bits per heavy atom. The third-order valence-corrected chi connectivity index (χ3v) is 2.98. The van der Waals surface area contributed by atoms with E-state index in [0.29, 0.717) is 29.6 Å². The Labute approximate surface area is 136 Å². The minimum Gasteiger partial charge on any atom is -0.492 e. The molecule has 1 aromatic rings. The molecule has 3 N–H and O–H groups in total. The van der Waals surface area contributed by atoms with Crippen molar-refractivity contribution < 1.29 is 14.3 Å². The zero-order valence-corrected chi connectivity index (χ0v) is 13.8. The molecule has 0 aromatic heterocycles. The van der Waals surface area contributed by atoms with Gasteiger partial charge in [0.1, 0.15) is 5.75 Å². The highest BCUT2D eigenvalue weighted by Crippen LogP contribution is 2.27. The summed E-state index contributed by atoms with van der Waals surface area (Å²) in [5, 5.41) is 3.22. The number of halogens is 2. The molecule has 1 amide bonds. The third-order valence-electron chi connectivity index (χ3n) is 2.69. The lowest BCUT2D eigenvalue weighted by atomic mass is 10.2. The molecule has 0 aliphatic heterocycles. The lowest BCUT2D eigenvalue weighted by Crippen LogP contribution is -2.28. The van der Waals surface area contributed by atoms with Gasteiger partial charge < -0.3 is 20.5 Å². The summed E-state index contributed by atoms with van der Waals surface area (Å²) in [6, 6.07) is 5.15. The molecule has 0 saturated heterocycles. The molecule has 0 spiro atoms.